The average Bonchev–Trinajstić information content (AvgIpc) is 3.02. The van der Waals surface area contributed by atoms with E-state index in [4.69, 9.17) is 0 Å². The topological polar surface area (TPSA) is 52.6 Å². The van der Waals surface area contributed by atoms with E-state index in [9.17, 15) is 9.90 Å². The lowest BCUT2D eigenvalue weighted by atomic mass is 9.55. The molecule has 4 nitrogen and oxygen atoms in total. The Labute approximate surface area is 162 Å². The SMILES string of the molecule is C[C@]12CC[C@@H]3c4cc(N5CCNCC5)c(CO)cc4CC[C@H]3[C@@H]1CCC2=O. The number of nitrogens with one attached hydrogen (secondary N) is 1. The Morgan fingerprint density at radius 2 is 2.00 bits per heavy atom. The van der Waals surface area contributed by atoms with Gasteiger partial charge in [-0.3, -0.25) is 4.79 Å². The number of fused-ring (bicyclic) bond motifs is 5. The predicted octanol–water partition coefficient (Wildman–Crippen LogP) is 3.01. The van der Waals surface area contributed by atoms with Gasteiger partial charge >= 0.3 is 0 Å². The molecular formula is C23H32N2O2. The molecule has 1 saturated heterocycles. The molecule has 0 spiro atoms. The van der Waals surface area contributed by atoms with Crippen LogP contribution in [-0.4, -0.2) is 37.1 Å². The van der Waals surface area contributed by atoms with Gasteiger partial charge < -0.3 is 15.3 Å². The number of benzene rings is 1. The van der Waals surface area contributed by atoms with Crippen LogP contribution in [0.3, 0.4) is 0 Å². The number of Topliss-reactive ketones (excluding diaryl/α,β-unsaturated/α-hetero) is 1. The highest BCUT2D eigenvalue weighted by atomic mass is 16.3. The summed E-state index contributed by atoms with van der Waals surface area (Å²) in [5.41, 5.74) is 5.26. The molecule has 4 atom stereocenters. The Bertz CT molecular complexity index is 755. The van der Waals surface area contributed by atoms with Gasteiger partial charge in [-0.15, -0.1) is 0 Å². The Balaban J connectivity index is 1.52. The molecule has 1 aliphatic heterocycles. The van der Waals surface area contributed by atoms with Crippen LogP contribution in [-0.2, 0) is 17.8 Å². The quantitative estimate of drug-likeness (QED) is 0.843. The van der Waals surface area contributed by atoms with E-state index in [0.29, 0.717) is 23.5 Å². The standard InChI is InChI=1S/C23H32N2O2/c1-23-7-6-17-18(20(23)4-5-22(23)27)3-2-15-12-16(14-26)21(13-19(15)17)25-10-8-24-9-11-25/h12-13,17-18,20,24,26H,2-11,14H2,1H3/t17-,18+,20-,23-/m0/s1. The average molecular weight is 369 g/mol. The summed E-state index contributed by atoms with van der Waals surface area (Å²) in [5.74, 6) is 2.37. The summed E-state index contributed by atoms with van der Waals surface area (Å²) in [7, 11) is 0. The summed E-state index contributed by atoms with van der Waals surface area (Å²) in [5, 5.41) is 13.4. The van der Waals surface area contributed by atoms with Gasteiger partial charge in [0, 0.05) is 49.3 Å². The lowest BCUT2D eigenvalue weighted by Gasteiger charge is -2.48. The third-order valence-electron chi connectivity index (χ3n) is 8.26. The Morgan fingerprint density at radius 1 is 1.19 bits per heavy atom. The van der Waals surface area contributed by atoms with E-state index in [0.717, 1.165) is 63.8 Å². The fourth-order valence-corrected chi connectivity index (χ4v) is 6.76. The number of aliphatic hydroxyl groups is 1. The van der Waals surface area contributed by atoms with Gasteiger partial charge in [-0.25, -0.2) is 0 Å². The summed E-state index contributed by atoms with van der Waals surface area (Å²) in [6.45, 7) is 6.41. The number of aliphatic hydroxyl groups excluding tert-OH is 1. The van der Waals surface area contributed by atoms with Crippen LogP contribution < -0.4 is 10.2 Å². The van der Waals surface area contributed by atoms with Crippen molar-refractivity contribution in [3.8, 4) is 0 Å². The number of carbonyl (C=O) groups excluding carboxylic acids is 1. The summed E-state index contributed by atoms with van der Waals surface area (Å²) in [6.07, 6.45) is 6.42. The van der Waals surface area contributed by atoms with E-state index in [1.165, 1.54) is 23.2 Å². The van der Waals surface area contributed by atoms with Crippen LogP contribution >= 0.6 is 0 Å². The number of anilines is 1. The third kappa shape index (κ3) is 2.67. The van der Waals surface area contributed by atoms with E-state index in [-0.39, 0.29) is 12.0 Å². The van der Waals surface area contributed by atoms with Gasteiger partial charge in [0.1, 0.15) is 5.78 Å². The number of carbonyl (C=O) groups is 1. The predicted molar refractivity (Wildman–Crippen MR) is 107 cm³/mol. The molecule has 2 N–H and O–H groups in total. The van der Waals surface area contributed by atoms with Crippen molar-refractivity contribution >= 4 is 11.5 Å². The Kier molecular flexibility index (Phi) is 4.32. The maximum Gasteiger partial charge on any atom is 0.139 e. The molecule has 0 bridgehead atoms. The highest BCUT2D eigenvalue weighted by Crippen LogP contribution is 2.59. The highest BCUT2D eigenvalue weighted by Gasteiger charge is 2.54. The van der Waals surface area contributed by atoms with Crippen molar-refractivity contribution in [1.29, 1.82) is 0 Å². The number of ketones is 1. The molecule has 27 heavy (non-hydrogen) atoms. The summed E-state index contributed by atoms with van der Waals surface area (Å²) >= 11 is 0. The van der Waals surface area contributed by atoms with Crippen LogP contribution in [0.15, 0.2) is 12.1 Å². The number of rotatable bonds is 2. The fourth-order valence-electron chi connectivity index (χ4n) is 6.76. The smallest absolute Gasteiger partial charge is 0.139 e. The van der Waals surface area contributed by atoms with Gasteiger partial charge in [-0.2, -0.15) is 0 Å². The second-order valence-electron chi connectivity index (χ2n) is 9.41. The minimum absolute atomic E-state index is 0.0505. The molecule has 4 heteroatoms. The first kappa shape index (κ1) is 17.7. The molecule has 1 heterocycles. The second-order valence-corrected chi connectivity index (χ2v) is 9.41. The van der Waals surface area contributed by atoms with Gasteiger partial charge in [0.15, 0.2) is 0 Å². The minimum atomic E-state index is -0.0505. The fraction of sp³-hybridized carbons (Fsp3) is 0.696. The van der Waals surface area contributed by atoms with Crippen molar-refractivity contribution in [3.05, 3.63) is 28.8 Å². The first-order valence-corrected chi connectivity index (χ1v) is 10.9. The zero-order valence-corrected chi connectivity index (χ0v) is 16.5. The molecule has 0 aromatic heterocycles. The molecule has 0 unspecified atom stereocenters. The molecule has 5 rings (SSSR count). The lowest BCUT2D eigenvalue weighted by Crippen LogP contribution is -2.44. The van der Waals surface area contributed by atoms with E-state index in [1.807, 2.05) is 0 Å². The molecule has 1 aromatic rings. The Morgan fingerprint density at radius 3 is 2.78 bits per heavy atom. The first-order valence-electron chi connectivity index (χ1n) is 10.9. The molecule has 3 aliphatic carbocycles. The van der Waals surface area contributed by atoms with Gasteiger partial charge in [-0.05, 0) is 67.1 Å². The summed E-state index contributed by atoms with van der Waals surface area (Å²) < 4.78 is 0. The first-order chi connectivity index (χ1) is 13.1. The molecule has 1 aromatic carbocycles. The number of nitrogens with zero attached hydrogens (tertiary/aromatic N) is 1. The Hall–Kier alpha value is -1.39. The number of aryl methyl sites for hydroxylation is 1. The monoisotopic (exact) mass is 368 g/mol. The van der Waals surface area contributed by atoms with Crippen LogP contribution in [0.1, 0.15) is 61.6 Å². The van der Waals surface area contributed by atoms with E-state index in [2.05, 4.69) is 29.3 Å². The van der Waals surface area contributed by atoms with Crippen LogP contribution in [0.4, 0.5) is 5.69 Å². The largest absolute Gasteiger partial charge is 0.392 e. The van der Waals surface area contributed by atoms with Gasteiger partial charge in [0.25, 0.3) is 0 Å². The lowest BCUT2D eigenvalue weighted by molar-refractivity contribution is -0.129. The summed E-state index contributed by atoms with van der Waals surface area (Å²) in [6, 6.07) is 4.71. The van der Waals surface area contributed by atoms with Crippen molar-refractivity contribution in [1.82, 2.24) is 5.32 Å². The minimum Gasteiger partial charge on any atom is -0.392 e. The van der Waals surface area contributed by atoms with Crippen LogP contribution in [0.2, 0.25) is 0 Å². The zero-order chi connectivity index (χ0) is 18.6. The van der Waals surface area contributed by atoms with Crippen molar-refractivity contribution in [2.75, 3.05) is 31.1 Å². The van der Waals surface area contributed by atoms with Crippen molar-refractivity contribution in [2.45, 2.75) is 58.0 Å². The van der Waals surface area contributed by atoms with E-state index >= 15 is 0 Å². The van der Waals surface area contributed by atoms with Crippen molar-refractivity contribution in [3.63, 3.8) is 0 Å². The van der Waals surface area contributed by atoms with E-state index in [1.54, 1.807) is 0 Å². The van der Waals surface area contributed by atoms with Gasteiger partial charge in [0.05, 0.1) is 6.61 Å². The molecule has 4 aliphatic rings. The van der Waals surface area contributed by atoms with Crippen molar-refractivity contribution < 1.29 is 9.90 Å². The molecule has 0 amide bonds. The van der Waals surface area contributed by atoms with Crippen LogP contribution in [0.25, 0.3) is 0 Å². The molecule has 146 valence electrons. The summed E-state index contributed by atoms with van der Waals surface area (Å²) in [4.78, 5) is 15.0. The maximum absolute atomic E-state index is 12.6. The normalized spacial score (nSPS) is 35.6. The number of piperazine rings is 1. The third-order valence-corrected chi connectivity index (χ3v) is 8.26. The highest BCUT2D eigenvalue weighted by molar-refractivity contribution is 5.87. The number of hydrogen-bond donors (Lipinski definition) is 2. The van der Waals surface area contributed by atoms with Crippen LogP contribution in [0, 0.1) is 17.3 Å². The molecular weight excluding hydrogens is 336 g/mol. The molecule has 0 radical (unpaired) electrons. The second kappa shape index (κ2) is 6.59. The molecule has 3 fully saturated rings. The van der Waals surface area contributed by atoms with Crippen LogP contribution in [0.5, 0.6) is 0 Å². The zero-order valence-electron chi connectivity index (χ0n) is 16.5. The maximum atomic E-state index is 12.6. The van der Waals surface area contributed by atoms with Gasteiger partial charge in [0.2, 0.25) is 0 Å². The molecule has 2 saturated carbocycles. The number of hydrogen-bond acceptors (Lipinski definition) is 4. The van der Waals surface area contributed by atoms with Crippen molar-refractivity contribution in [2.24, 2.45) is 17.3 Å². The van der Waals surface area contributed by atoms with E-state index < -0.39 is 0 Å². The van der Waals surface area contributed by atoms with Gasteiger partial charge in [-0.1, -0.05) is 13.0 Å².